The molecule has 0 radical (unpaired) electrons. The zero-order valence-electron chi connectivity index (χ0n) is 11.7. The minimum Gasteiger partial charge on any atom is -0.370 e. The van der Waals surface area contributed by atoms with Crippen molar-refractivity contribution < 1.29 is 9.64 Å². The van der Waals surface area contributed by atoms with Crippen LogP contribution in [0.25, 0.3) is 11.2 Å². The summed E-state index contributed by atoms with van der Waals surface area (Å²) in [6.07, 6.45) is 2.64. The maximum absolute atomic E-state index is 5.35. The lowest BCUT2D eigenvalue weighted by molar-refractivity contribution is -0.908. The lowest BCUT2D eigenvalue weighted by Gasteiger charge is -2.23. The van der Waals surface area contributed by atoms with E-state index in [1.54, 1.807) is 15.9 Å². The highest BCUT2D eigenvalue weighted by Gasteiger charge is 2.13. The molecule has 0 saturated carbocycles. The molecule has 2 aromatic rings. The molecule has 1 saturated heterocycles. The predicted molar refractivity (Wildman–Crippen MR) is 73.6 cm³/mol. The molecule has 2 N–H and O–H groups in total. The summed E-state index contributed by atoms with van der Waals surface area (Å²) in [5.74, 6) is 0.764. The molecule has 1 aliphatic rings. The van der Waals surface area contributed by atoms with E-state index in [2.05, 4.69) is 25.6 Å². The fraction of sp³-hybridized carbons (Fsp3) is 0.667. The van der Waals surface area contributed by atoms with Gasteiger partial charge >= 0.3 is 0 Å². The normalized spacial score (nSPS) is 16.6. The van der Waals surface area contributed by atoms with Gasteiger partial charge in [0.2, 0.25) is 0 Å². The van der Waals surface area contributed by atoms with E-state index >= 15 is 0 Å². The van der Waals surface area contributed by atoms with E-state index in [0.29, 0.717) is 0 Å². The lowest BCUT2D eigenvalue weighted by Crippen LogP contribution is -3.14. The first-order valence-electron chi connectivity index (χ1n) is 7.00. The summed E-state index contributed by atoms with van der Waals surface area (Å²) < 4.78 is 7.01. The van der Waals surface area contributed by atoms with E-state index in [-0.39, 0.29) is 0 Å². The van der Waals surface area contributed by atoms with Crippen LogP contribution in [0.15, 0.2) is 6.33 Å². The van der Waals surface area contributed by atoms with E-state index < -0.39 is 0 Å². The fourth-order valence-electron chi connectivity index (χ4n) is 2.44. The molecular formula is C12H20N7O+. The molecule has 0 atom stereocenters. The molecule has 3 rings (SSSR count). The van der Waals surface area contributed by atoms with Gasteiger partial charge in [-0.25, -0.2) is 14.6 Å². The third-order valence-corrected chi connectivity index (χ3v) is 3.59. The number of rotatable bonds is 5. The van der Waals surface area contributed by atoms with Crippen LogP contribution in [-0.4, -0.2) is 64.4 Å². The quantitative estimate of drug-likeness (QED) is 0.646. The standard InChI is InChI=1S/C12H19N7O/c1-18-12-10(16-17-18)11(14-9-15-12)13-3-2-4-19-5-7-20-8-6-19/h9H,2-8H2,1H3,(H,13,14,15)/p+1. The molecule has 0 unspecified atom stereocenters. The average Bonchev–Trinajstić information content (AvgIpc) is 2.87. The van der Waals surface area contributed by atoms with Gasteiger partial charge in [0.05, 0.1) is 19.8 Å². The number of fused-ring (bicyclic) bond motifs is 1. The number of morpholine rings is 1. The van der Waals surface area contributed by atoms with Gasteiger partial charge in [-0.05, 0) is 0 Å². The first kappa shape index (κ1) is 13.2. The van der Waals surface area contributed by atoms with Crippen LogP contribution in [0, 0.1) is 0 Å². The van der Waals surface area contributed by atoms with Gasteiger partial charge in [-0.1, -0.05) is 5.21 Å². The Morgan fingerprint density at radius 2 is 2.20 bits per heavy atom. The van der Waals surface area contributed by atoms with Crippen molar-refractivity contribution in [3.8, 4) is 0 Å². The number of ether oxygens (including phenoxy) is 1. The molecule has 3 heterocycles. The molecule has 1 aliphatic heterocycles. The van der Waals surface area contributed by atoms with Crippen LogP contribution in [0.3, 0.4) is 0 Å². The van der Waals surface area contributed by atoms with E-state index in [9.17, 15) is 0 Å². The zero-order chi connectivity index (χ0) is 13.8. The van der Waals surface area contributed by atoms with Crippen LogP contribution in [-0.2, 0) is 11.8 Å². The Morgan fingerprint density at radius 1 is 1.35 bits per heavy atom. The van der Waals surface area contributed by atoms with Gasteiger partial charge in [-0.3, -0.25) is 0 Å². The molecule has 0 aliphatic carbocycles. The maximum atomic E-state index is 5.35. The Hall–Kier alpha value is -1.80. The number of quaternary nitrogens is 1. The molecular weight excluding hydrogens is 258 g/mol. The summed E-state index contributed by atoms with van der Waals surface area (Å²) in [5.41, 5.74) is 1.48. The molecule has 0 amide bonds. The molecule has 108 valence electrons. The van der Waals surface area contributed by atoms with Gasteiger partial charge in [-0.15, -0.1) is 5.10 Å². The summed E-state index contributed by atoms with van der Waals surface area (Å²) in [6, 6.07) is 0. The first-order valence-corrected chi connectivity index (χ1v) is 7.00. The minimum absolute atomic E-state index is 0.730. The third-order valence-electron chi connectivity index (χ3n) is 3.59. The van der Waals surface area contributed by atoms with Gasteiger partial charge in [0.25, 0.3) is 0 Å². The van der Waals surface area contributed by atoms with Gasteiger partial charge in [0, 0.05) is 20.0 Å². The summed E-state index contributed by atoms with van der Waals surface area (Å²) in [6.45, 7) is 6.03. The summed E-state index contributed by atoms with van der Waals surface area (Å²) in [4.78, 5) is 10.0. The number of nitrogens with one attached hydrogen (secondary N) is 2. The molecule has 2 aromatic heterocycles. The van der Waals surface area contributed by atoms with Crippen LogP contribution < -0.4 is 10.2 Å². The Morgan fingerprint density at radius 3 is 3.05 bits per heavy atom. The smallest absolute Gasteiger partial charge is 0.183 e. The van der Waals surface area contributed by atoms with Crippen molar-refractivity contribution in [3.05, 3.63) is 6.33 Å². The fourth-order valence-corrected chi connectivity index (χ4v) is 2.44. The van der Waals surface area contributed by atoms with E-state index in [1.807, 2.05) is 7.05 Å². The monoisotopic (exact) mass is 278 g/mol. The van der Waals surface area contributed by atoms with Crippen LogP contribution in [0.4, 0.5) is 5.82 Å². The van der Waals surface area contributed by atoms with Crippen molar-refractivity contribution in [3.63, 3.8) is 0 Å². The molecule has 0 spiro atoms. The second kappa shape index (κ2) is 6.10. The molecule has 8 heteroatoms. The summed E-state index contributed by atoms with van der Waals surface area (Å²) in [5, 5.41) is 11.4. The second-order valence-corrected chi connectivity index (χ2v) is 5.00. The van der Waals surface area contributed by atoms with Crippen LogP contribution >= 0.6 is 0 Å². The van der Waals surface area contributed by atoms with Crippen molar-refractivity contribution in [2.45, 2.75) is 6.42 Å². The maximum Gasteiger partial charge on any atom is 0.183 e. The Balaban J connectivity index is 1.52. The number of hydrogen-bond donors (Lipinski definition) is 2. The zero-order valence-corrected chi connectivity index (χ0v) is 11.7. The summed E-state index contributed by atoms with van der Waals surface area (Å²) in [7, 11) is 1.83. The van der Waals surface area contributed by atoms with Crippen molar-refractivity contribution in [2.24, 2.45) is 7.05 Å². The van der Waals surface area contributed by atoms with Gasteiger partial charge < -0.3 is 15.0 Å². The minimum atomic E-state index is 0.730. The number of anilines is 1. The summed E-state index contributed by atoms with van der Waals surface area (Å²) >= 11 is 0. The number of aromatic nitrogens is 5. The number of nitrogens with zero attached hydrogens (tertiary/aromatic N) is 5. The highest BCUT2D eigenvalue weighted by molar-refractivity contribution is 5.81. The van der Waals surface area contributed by atoms with E-state index in [1.165, 1.54) is 0 Å². The third kappa shape index (κ3) is 2.86. The highest BCUT2D eigenvalue weighted by Crippen LogP contribution is 2.14. The molecule has 0 bridgehead atoms. The van der Waals surface area contributed by atoms with Crippen LogP contribution in [0.2, 0.25) is 0 Å². The average molecular weight is 278 g/mol. The second-order valence-electron chi connectivity index (χ2n) is 5.00. The first-order chi connectivity index (χ1) is 9.84. The largest absolute Gasteiger partial charge is 0.370 e. The van der Waals surface area contributed by atoms with Crippen molar-refractivity contribution in [1.82, 2.24) is 25.0 Å². The van der Waals surface area contributed by atoms with Gasteiger partial charge in [0.15, 0.2) is 17.0 Å². The molecule has 20 heavy (non-hydrogen) atoms. The SMILES string of the molecule is Cn1nnc2c(NCCC[NH+]3CCOCC3)ncnc21. The molecule has 0 aromatic carbocycles. The Bertz CT molecular complexity index is 564. The Labute approximate surface area is 117 Å². The van der Waals surface area contributed by atoms with Crippen LogP contribution in [0.5, 0.6) is 0 Å². The molecule has 1 fully saturated rings. The Kier molecular flexibility index (Phi) is 4.03. The number of aryl methyl sites for hydroxylation is 1. The predicted octanol–water partition coefficient (Wildman–Crippen LogP) is -1.52. The molecule has 8 nitrogen and oxygen atoms in total. The topological polar surface area (TPSA) is 82.2 Å². The van der Waals surface area contributed by atoms with Crippen molar-refractivity contribution in [2.75, 3.05) is 44.7 Å². The van der Waals surface area contributed by atoms with Crippen LogP contribution in [0.1, 0.15) is 6.42 Å². The van der Waals surface area contributed by atoms with E-state index in [0.717, 1.165) is 62.8 Å². The highest BCUT2D eigenvalue weighted by atomic mass is 16.5. The lowest BCUT2D eigenvalue weighted by atomic mass is 10.3. The van der Waals surface area contributed by atoms with E-state index in [4.69, 9.17) is 4.74 Å². The van der Waals surface area contributed by atoms with Crippen molar-refractivity contribution in [1.29, 1.82) is 0 Å². The van der Waals surface area contributed by atoms with Gasteiger partial charge in [-0.2, -0.15) is 0 Å². The van der Waals surface area contributed by atoms with Crippen molar-refractivity contribution >= 4 is 17.0 Å². The van der Waals surface area contributed by atoms with Gasteiger partial charge in [0.1, 0.15) is 19.4 Å². The number of hydrogen-bond acceptors (Lipinski definition) is 6.